The fourth-order valence-electron chi connectivity index (χ4n) is 12.5. The molecular weight excluding hydrogens is 961 g/mol. The molecule has 0 aromatic carbocycles. The molecule has 0 aliphatic carbocycles. The molecular formula is C70H140N4O4. The fraction of sp³-hybridized carbons (Fsp3) is 0.971. The Labute approximate surface area is 487 Å². The third kappa shape index (κ3) is 47.3. The summed E-state index contributed by atoms with van der Waals surface area (Å²) in [6.45, 7) is 19.4. The highest BCUT2D eigenvalue weighted by Crippen LogP contribution is 2.21. The van der Waals surface area contributed by atoms with E-state index in [9.17, 15) is 19.8 Å². The van der Waals surface area contributed by atoms with Crippen LogP contribution in [0.5, 0.6) is 0 Å². The number of carbonyl (C=O) groups is 2. The maximum atomic E-state index is 13.4. The third-order valence-corrected chi connectivity index (χ3v) is 17.7. The zero-order valence-corrected chi connectivity index (χ0v) is 53.7. The Balaban J connectivity index is 2.61. The number of nitrogens with zero attached hydrogens (tertiary/aromatic N) is 2. The van der Waals surface area contributed by atoms with E-state index in [1.54, 1.807) is 0 Å². The van der Waals surface area contributed by atoms with Crippen molar-refractivity contribution in [2.45, 2.75) is 387 Å². The van der Waals surface area contributed by atoms with E-state index in [4.69, 9.17) is 0 Å². The molecule has 0 radical (unpaired) electrons. The van der Waals surface area contributed by atoms with Crippen molar-refractivity contribution in [2.75, 3.05) is 39.3 Å². The van der Waals surface area contributed by atoms with Gasteiger partial charge in [-0.25, -0.2) is 0 Å². The summed E-state index contributed by atoms with van der Waals surface area (Å²) in [7, 11) is 0. The van der Waals surface area contributed by atoms with Gasteiger partial charge in [0.15, 0.2) is 0 Å². The molecule has 1 rings (SSSR count). The highest BCUT2D eigenvalue weighted by molar-refractivity contribution is 5.96. The van der Waals surface area contributed by atoms with Crippen LogP contribution in [0, 0.1) is 11.8 Å². The van der Waals surface area contributed by atoms with Gasteiger partial charge >= 0.3 is 0 Å². The van der Waals surface area contributed by atoms with Crippen LogP contribution in [-0.2, 0) is 9.59 Å². The van der Waals surface area contributed by atoms with Crippen molar-refractivity contribution in [1.29, 1.82) is 0 Å². The molecule has 6 unspecified atom stereocenters. The summed E-state index contributed by atoms with van der Waals surface area (Å²) in [5.74, 6) is 1.32. The predicted octanol–water partition coefficient (Wildman–Crippen LogP) is 19.2. The molecule has 464 valence electrons. The summed E-state index contributed by atoms with van der Waals surface area (Å²) in [6, 6.07) is -0.937. The number of unbranched alkanes of at least 4 members (excludes halogenated alkanes) is 38. The number of hydrogen-bond donors (Lipinski definition) is 4. The summed E-state index contributed by atoms with van der Waals surface area (Å²) in [5.41, 5.74) is 0. The van der Waals surface area contributed by atoms with Crippen LogP contribution in [0.2, 0.25) is 0 Å². The van der Waals surface area contributed by atoms with Crippen molar-refractivity contribution in [2.24, 2.45) is 11.8 Å². The average molecular weight is 1100 g/mol. The molecule has 0 aromatic heterocycles. The van der Waals surface area contributed by atoms with E-state index in [-0.39, 0.29) is 11.8 Å². The largest absolute Gasteiger partial charge is 0.392 e. The fourth-order valence-corrected chi connectivity index (χ4v) is 12.5. The van der Waals surface area contributed by atoms with Gasteiger partial charge in [-0.05, 0) is 89.1 Å². The van der Waals surface area contributed by atoms with Crippen LogP contribution in [0.25, 0.3) is 0 Å². The van der Waals surface area contributed by atoms with Gasteiger partial charge in [0.25, 0.3) is 0 Å². The van der Waals surface area contributed by atoms with Gasteiger partial charge in [0.2, 0.25) is 11.8 Å². The second kappa shape index (κ2) is 56.3. The molecule has 78 heavy (non-hydrogen) atoms. The van der Waals surface area contributed by atoms with Gasteiger partial charge in [0.05, 0.1) is 12.2 Å². The first kappa shape index (κ1) is 74.8. The number of aliphatic hydroxyl groups is 2. The summed E-state index contributed by atoms with van der Waals surface area (Å²) < 4.78 is 0. The Morgan fingerprint density at radius 1 is 0.321 bits per heavy atom. The van der Waals surface area contributed by atoms with Crippen molar-refractivity contribution < 1.29 is 19.8 Å². The SMILES string of the molecule is CCCCCCCCCCCCC(C)CN(CCCCC1NC(=O)C(CCCCN(CC(O)CCCCCCCCCCCC)CC(O)CCCCCCCCCCCC)NC1=O)CC(C)CCCCCCCCCCCC. The second-order valence-corrected chi connectivity index (χ2v) is 26.0. The van der Waals surface area contributed by atoms with Crippen molar-refractivity contribution in [3.63, 3.8) is 0 Å². The Bertz CT molecular complexity index is 1110. The smallest absolute Gasteiger partial charge is 0.243 e. The minimum Gasteiger partial charge on any atom is -0.392 e. The van der Waals surface area contributed by atoms with Crippen molar-refractivity contribution in [3.05, 3.63) is 0 Å². The van der Waals surface area contributed by atoms with Gasteiger partial charge in [-0.3, -0.25) is 14.5 Å². The van der Waals surface area contributed by atoms with Gasteiger partial charge < -0.3 is 25.7 Å². The molecule has 1 aliphatic heterocycles. The summed E-state index contributed by atoms with van der Waals surface area (Å²) in [6.07, 6.45) is 62.0. The summed E-state index contributed by atoms with van der Waals surface area (Å²) >= 11 is 0. The van der Waals surface area contributed by atoms with E-state index in [0.717, 1.165) is 64.5 Å². The minimum absolute atomic E-state index is 0.0292. The number of hydrogen-bond acceptors (Lipinski definition) is 6. The first-order valence-electron chi connectivity index (χ1n) is 35.5. The number of amides is 2. The quantitative estimate of drug-likeness (QED) is 0.0452. The molecule has 1 aliphatic rings. The van der Waals surface area contributed by atoms with E-state index < -0.39 is 24.3 Å². The Morgan fingerprint density at radius 2 is 0.551 bits per heavy atom. The van der Waals surface area contributed by atoms with Crippen molar-refractivity contribution in [3.8, 4) is 0 Å². The maximum Gasteiger partial charge on any atom is 0.243 e. The lowest BCUT2D eigenvalue weighted by Crippen LogP contribution is -2.61. The highest BCUT2D eigenvalue weighted by atomic mass is 16.3. The second-order valence-electron chi connectivity index (χ2n) is 26.0. The highest BCUT2D eigenvalue weighted by Gasteiger charge is 2.33. The van der Waals surface area contributed by atoms with Crippen LogP contribution in [0.3, 0.4) is 0 Å². The van der Waals surface area contributed by atoms with Crippen LogP contribution in [0.1, 0.15) is 363 Å². The van der Waals surface area contributed by atoms with Gasteiger partial charge in [-0.2, -0.15) is 0 Å². The molecule has 0 saturated carbocycles. The first-order valence-corrected chi connectivity index (χ1v) is 35.5. The number of rotatable bonds is 62. The third-order valence-electron chi connectivity index (χ3n) is 17.7. The molecule has 0 spiro atoms. The molecule has 0 aromatic rings. The lowest BCUT2D eigenvalue weighted by atomic mass is 9.98. The maximum absolute atomic E-state index is 13.4. The van der Waals surface area contributed by atoms with Gasteiger partial charge in [0, 0.05) is 26.2 Å². The van der Waals surface area contributed by atoms with Crippen LogP contribution in [0.15, 0.2) is 0 Å². The molecule has 4 N–H and O–H groups in total. The van der Waals surface area contributed by atoms with Crippen LogP contribution in [-0.4, -0.2) is 95.4 Å². The molecule has 1 heterocycles. The Hall–Kier alpha value is -1.22. The minimum atomic E-state index is -0.490. The predicted molar refractivity (Wildman–Crippen MR) is 341 cm³/mol. The van der Waals surface area contributed by atoms with Crippen molar-refractivity contribution >= 4 is 11.8 Å². The topological polar surface area (TPSA) is 105 Å². The molecule has 1 fully saturated rings. The van der Waals surface area contributed by atoms with E-state index in [1.165, 1.54) is 270 Å². The van der Waals surface area contributed by atoms with Gasteiger partial charge in [-0.15, -0.1) is 0 Å². The van der Waals surface area contributed by atoms with Crippen molar-refractivity contribution in [1.82, 2.24) is 20.4 Å². The van der Waals surface area contributed by atoms with Gasteiger partial charge in [0.1, 0.15) is 12.1 Å². The Morgan fingerprint density at radius 3 is 0.821 bits per heavy atom. The van der Waals surface area contributed by atoms with Crippen LogP contribution in [0.4, 0.5) is 0 Å². The number of carbonyl (C=O) groups excluding carboxylic acids is 2. The lowest BCUT2D eigenvalue weighted by Gasteiger charge is -2.31. The van der Waals surface area contributed by atoms with Crippen LogP contribution >= 0.6 is 0 Å². The molecule has 6 atom stereocenters. The average Bonchev–Trinajstić information content (AvgIpc) is 3.42. The van der Waals surface area contributed by atoms with E-state index in [1.807, 2.05) is 0 Å². The summed E-state index contributed by atoms with van der Waals surface area (Å²) in [5, 5.41) is 28.6. The molecule has 8 nitrogen and oxygen atoms in total. The number of aliphatic hydroxyl groups excluding tert-OH is 2. The molecule has 8 heteroatoms. The first-order chi connectivity index (χ1) is 38.1. The van der Waals surface area contributed by atoms with Crippen LogP contribution < -0.4 is 10.6 Å². The standard InChI is InChI=1S/C70H140N4O4/c1-7-11-15-19-23-27-31-35-39-43-51-63(5)59-73(60-64(6)52-44-40-36-32-28-24-20-16-12-8-2)57-49-47-55-67-69(77)72-68(70(78)71-67)56-48-50-58-74(61-65(75)53-45-41-37-33-29-25-21-17-13-9-3)62-66(76)54-46-42-38-34-30-26-22-18-14-10-4/h63-68,75-76H,7-62H2,1-6H3,(H,71,78)(H,72,77). The van der Waals surface area contributed by atoms with E-state index in [2.05, 4.69) is 62.0 Å². The Kier molecular flexibility index (Phi) is 54.0. The molecule has 0 bridgehead atoms. The summed E-state index contributed by atoms with van der Waals surface area (Å²) in [4.78, 5) is 31.9. The molecule has 1 saturated heterocycles. The van der Waals surface area contributed by atoms with E-state index >= 15 is 0 Å². The molecule has 2 amide bonds. The monoisotopic (exact) mass is 1100 g/mol. The number of piperazine rings is 1. The van der Waals surface area contributed by atoms with E-state index in [0.29, 0.717) is 37.8 Å². The normalized spacial score (nSPS) is 16.5. The zero-order valence-electron chi connectivity index (χ0n) is 53.7. The lowest BCUT2D eigenvalue weighted by molar-refractivity contribution is -0.137. The zero-order chi connectivity index (χ0) is 56.8. The van der Waals surface area contributed by atoms with Gasteiger partial charge in [-0.1, -0.05) is 298 Å². The number of nitrogens with one attached hydrogen (secondary N) is 2.